The fourth-order valence-corrected chi connectivity index (χ4v) is 8.71. The van der Waals surface area contributed by atoms with Crippen molar-refractivity contribution in [1.29, 1.82) is 0 Å². The number of aromatic nitrogens is 4. The first-order valence-corrected chi connectivity index (χ1v) is 24.0. The van der Waals surface area contributed by atoms with E-state index in [0.29, 0.717) is 70.0 Å². The first kappa shape index (κ1) is 46.5. The average Bonchev–Trinajstić information content (AvgIpc) is 3.86. The van der Waals surface area contributed by atoms with Gasteiger partial charge in [0.05, 0.1) is 62.8 Å². The van der Waals surface area contributed by atoms with E-state index in [-0.39, 0.29) is 59.8 Å². The van der Waals surface area contributed by atoms with Crippen LogP contribution in [0.1, 0.15) is 87.0 Å². The first-order chi connectivity index (χ1) is 28.4. The standard InChI is InChI=1S/C19H28N4O6S.C15H21N3O6S.C4H9NO/c1-11-8-28-9-12-10-29-14-15(19(2,3)30(4,26)27)20-16(21-17(14)23(11)12)18(25)22-6-5-13(24)7-22;1-8-5-23-6-9-7-24-10-11(15(2,3)25(4,21)22)16-12(14(19)20)17-13(10)18(8)9;6-4-1-2-5-3-4/h11-13,24H,5-10H2,1-4H3;8-9H,5-7H2,1-4H3,(H,19,20);4-6H,1-3H2/t11-,12+,13-;8-,9+;4-/m111/s1. The van der Waals surface area contributed by atoms with Gasteiger partial charge in [0.2, 0.25) is 11.6 Å². The molecule has 6 aliphatic heterocycles. The minimum Gasteiger partial charge on any atom is -0.486 e. The lowest BCUT2D eigenvalue weighted by molar-refractivity contribution is 0.0479. The van der Waals surface area contributed by atoms with Crippen molar-refractivity contribution in [3.63, 3.8) is 0 Å². The molecule has 21 nitrogen and oxygen atoms in total. The average molecular weight is 899 g/mol. The van der Waals surface area contributed by atoms with Gasteiger partial charge in [-0.1, -0.05) is 0 Å². The summed E-state index contributed by atoms with van der Waals surface area (Å²) in [4.78, 5) is 47.2. The molecular formula is C38H58N8O13S2. The molecule has 0 bridgehead atoms. The quantitative estimate of drug-likeness (QED) is 0.291. The van der Waals surface area contributed by atoms with Crippen LogP contribution in [-0.2, 0) is 38.6 Å². The molecule has 4 saturated heterocycles. The number of nitrogens with one attached hydrogen (secondary N) is 1. The highest BCUT2D eigenvalue weighted by Gasteiger charge is 2.46. The second-order valence-corrected chi connectivity index (χ2v) is 22.5. The summed E-state index contributed by atoms with van der Waals surface area (Å²) in [7, 11) is -7.16. The summed E-state index contributed by atoms with van der Waals surface area (Å²) in [5, 5.41) is 30.9. The first-order valence-electron chi connectivity index (χ1n) is 20.2. The van der Waals surface area contributed by atoms with E-state index in [1.54, 1.807) is 13.8 Å². The number of carbonyl (C=O) groups is 2. The number of rotatable bonds is 6. The Bertz CT molecular complexity index is 2200. The third-order valence-corrected chi connectivity index (χ3v) is 16.1. The minimum absolute atomic E-state index is 0.0212. The lowest BCUT2D eigenvalue weighted by atomic mass is 10.0. The topological polar surface area (TPSA) is 273 Å². The van der Waals surface area contributed by atoms with Gasteiger partial charge in [-0.05, 0) is 60.9 Å². The summed E-state index contributed by atoms with van der Waals surface area (Å²) < 4.78 is 69.8. The number of carboxylic acid groups (broad SMARTS) is 1. The number of hydrogen-bond acceptors (Lipinski definition) is 19. The normalized spacial score (nSPS) is 26.2. The number of morpholine rings is 2. The van der Waals surface area contributed by atoms with E-state index in [4.69, 9.17) is 24.1 Å². The lowest BCUT2D eigenvalue weighted by Crippen LogP contribution is -2.56. The van der Waals surface area contributed by atoms with Gasteiger partial charge in [-0.3, -0.25) is 4.79 Å². The van der Waals surface area contributed by atoms with Crippen LogP contribution in [0.4, 0.5) is 11.6 Å². The van der Waals surface area contributed by atoms with Crippen LogP contribution < -0.4 is 24.6 Å². The third kappa shape index (κ3) is 9.37. The van der Waals surface area contributed by atoms with Crippen LogP contribution in [0, 0.1) is 0 Å². The van der Waals surface area contributed by atoms with Gasteiger partial charge >= 0.3 is 5.97 Å². The van der Waals surface area contributed by atoms with E-state index in [1.807, 2.05) is 23.6 Å². The summed E-state index contributed by atoms with van der Waals surface area (Å²) >= 11 is 0. The number of aliphatic hydroxyl groups excluding tert-OH is 2. The highest BCUT2D eigenvalue weighted by atomic mass is 32.2. The highest BCUT2D eigenvalue weighted by molar-refractivity contribution is 7.91. The van der Waals surface area contributed by atoms with Crippen molar-refractivity contribution in [1.82, 2.24) is 30.2 Å². The van der Waals surface area contributed by atoms with Gasteiger partial charge in [0.25, 0.3) is 5.91 Å². The van der Waals surface area contributed by atoms with E-state index >= 15 is 0 Å². The molecule has 2 aromatic heterocycles. The maximum absolute atomic E-state index is 13.1. The van der Waals surface area contributed by atoms with E-state index in [1.165, 1.54) is 18.7 Å². The zero-order valence-electron chi connectivity index (χ0n) is 35.8. The van der Waals surface area contributed by atoms with Crippen LogP contribution in [-0.4, -0.2) is 184 Å². The molecule has 2 aromatic rings. The van der Waals surface area contributed by atoms with E-state index in [0.717, 1.165) is 32.0 Å². The number of fused-ring (bicyclic) bond motifs is 6. The number of sulfone groups is 2. The van der Waals surface area contributed by atoms with Gasteiger partial charge in [0, 0.05) is 32.1 Å². The zero-order chi connectivity index (χ0) is 44.8. The summed E-state index contributed by atoms with van der Waals surface area (Å²) in [6.07, 6.45) is 3.01. The molecule has 4 N–H and O–H groups in total. The number of ether oxygens (including phenoxy) is 4. The van der Waals surface area contributed by atoms with Crippen molar-refractivity contribution >= 4 is 43.2 Å². The van der Waals surface area contributed by atoms with Crippen LogP contribution >= 0.6 is 0 Å². The third-order valence-electron chi connectivity index (χ3n) is 12.0. The number of hydrogen-bond donors (Lipinski definition) is 4. The molecule has 0 aliphatic carbocycles. The minimum atomic E-state index is -3.58. The number of carbonyl (C=O) groups excluding carboxylic acids is 1. The Balaban J connectivity index is 0.000000181. The van der Waals surface area contributed by atoms with Crippen molar-refractivity contribution in [2.24, 2.45) is 0 Å². The number of carboxylic acids is 1. The highest BCUT2D eigenvalue weighted by Crippen LogP contribution is 2.45. The largest absolute Gasteiger partial charge is 0.486 e. The summed E-state index contributed by atoms with van der Waals surface area (Å²) in [5.41, 5.74) is 0.241. The van der Waals surface area contributed by atoms with Crippen molar-refractivity contribution in [3.8, 4) is 11.5 Å². The van der Waals surface area contributed by atoms with Gasteiger partial charge in [0.1, 0.15) is 34.1 Å². The summed E-state index contributed by atoms with van der Waals surface area (Å²) in [6, 6.07) is -0.261. The molecule has 0 aromatic carbocycles. The predicted octanol–water partition coefficient (Wildman–Crippen LogP) is -0.270. The molecule has 8 rings (SSSR count). The molecule has 0 unspecified atom stereocenters. The van der Waals surface area contributed by atoms with Gasteiger partial charge in [-0.2, -0.15) is 0 Å². The SMILES string of the molecule is C[C@@H]1COC[C@H]2COc3c(nc(C(=O)N4CC[C@@H](O)C4)nc3C(C)(C)S(C)(=O)=O)N21.C[C@@H]1COC[C@H]2COc3c(nc(C(=O)O)nc3C(C)(C)S(C)(=O)=O)N21.O[C@@H]1CCNC1. The van der Waals surface area contributed by atoms with Gasteiger partial charge in [-0.25, -0.2) is 41.6 Å². The number of β-amino-alcohol motifs (C(OH)–C–C–N with tert-alkyl or cyclic N) is 2. The lowest BCUT2D eigenvalue weighted by Gasteiger charge is -2.45. The van der Waals surface area contributed by atoms with Crippen molar-refractivity contribution in [2.75, 3.05) is 88.1 Å². The summed E-state index contributed by atoms with van der Waals surface area (Å²) in [5.74, 6) is -1.03. The second kappa shape index (κ2) is 17.6. The fraction of sp³-hybridized carbons (Fsp3) is 0.737. The summed E-state index contributed by atoms with van der Waals surface area (Å²) in [6.45, 7) is 14.8. The molecule has 1 amide bonds. The Morgan fingerprint density at radius 2 is 1.18 bits per heavy atom. The Kier molecular flexibility index (Phi) is 13.4. The molecule has 4 fully saturated rings. The van der Waals surface area contributed by atoms with Crippen LogP contribution in [0.3, 0.4) is 0 Å². The smallest absolute Gasteiger partial charge is 0.374 e. The fourth-order valence-electron chi connectivity index (χ4n) is 7.73. The monoisotopic (exact) mass is 898 g/mol. The van der Waals surface area contributed by atoms with Gasteiger partial charge in [-0.15, -0.1) is 0 Å². The maximum Gasteiger partial charge on any atom is 0.374 e. The number of likely N-dealkylation sites (tertiary alicyclic amines) is 1. The number of aliphatic hydroxyl groups is 2. The van der Waals surface area contributed by atoms with E-state index < -0.39 is 53.0 Å². The molecule has 8 heterocycles. The molecule has 61 heavy (non-hydrogen) atoms. The Hall–Kier alpha value is -4.00. The molecular weight excluding hydrogens is 841 g/mol. The van der Waals surface area contributed by atoms with Crippen LogP contribution in [0.2, 0.25) is 0 Å². The van der Waals surface area contributed by atoms with Gasteiger partial charge < -0.3 is 54.3 Å². The predicted molar refractivity (Wildman–Crippen MR) is 221 cm³/mol. The molecule has 0 spiro atoms. The maximum atomic E-state index is 13.1. The Morgan fingerprint density at radius 3 is 1.56 bits per heavy atom. The molecule has 340 valence electrons. The van der Waals surface area contributed by atoms with Crippen LogP contribution in [0.25, 0.3) is 0 Å². The van der Waals surface area contributed by atoms with E-state index in [9.17, 15) is 36.6 Å². The second-order valence-electron chi connectivity index (χ2n) is 17.3. The Labute approximate surface area is 356 Å². The van der Waals surface area contributed by atoms with Crippen molar-refractivity contribution in [2.45, 2.75) is 100 Å². The van der Waals surface area contributed by atoms with E-state index in [2.05, 4.69) is 25.3 Å². The van der Waals surface area contributed by atoms with Crippen molar-refractivity contribution < 1.29 is 60.7 Å². The zero-order valence-corrected chi connectivity index (χ0v) is 37.5. The van der Waals surface area contributed by atoms with Crippen LogP contribution in [0.5, 0.6) is 11.5 Å². The molecule has 0 radical (unpaired) electrons. The van der Waals surface area contributed by atoms with Crippen LogP contribution in [0.15, 0.2) is 0 Å². The molecule has 6 aliphatic rings. The molecule has 6 atom stereocenters. The number of nitrogens with zero attached hydrogens (tertiary/aromatic N) is 7. The Morgan fingerprint density at radius 1 is 0.705 bits per heavy atom. The molecule has 0 saturated carbocycles. The number of anilines is 2. The van der Waals surface area contributed by atoms with Crippen molar-refractivity contribution in [3.05, 3.63) is 23.0 Å². The number of amides is 1. The molecule has 23 heteroatoms. The number of aromatic carboxylic acids is 1. The van der Waals surface area contributed by atoms with Gasteiger partial charge in [0.15, 0.2) is 42.8 Å².